The van der Waals surface area contributed by atoms with Crippen LogP contribution in [-0.4, -0.2) is 52.5 Å². The van der Waals surface area contributed by atoms with Crippen LogP contribution in [0.15, 0.2) is 47.5 Å². The van der Waals surface area contributed by atoms with E-state index in [-0.39, 0.29) is 35.1 Å². The van der Waals surface area contributed by atoms with Crippen LogP contribution >= 0.6 is 35.0 Å². The number of halogens is 5. The number of imide groups is 1. The van der Waals surface area contributed by atoms with Gasteiger partial charge >= 0.3 is 6.18 Å². The Bertz CT molecular complexity index is 1520. The van der Waals surface area contributed by atoms with Crippen LogP contribution in [-0.2, 0) is 27.5 Å². The summed E-state index contributed by atoms with van der Waals surface area (Å²) in [5, 5.41) is 3.62. The molecule has 15 heteroatoms. The fourth-order valence-electron chi connectivity index (χ4n) is 3.63. The lowest BCUT2D eigenvalue weighted by molar-refractivity contribution is -0.138. The number of benzene rings is 2. The highest BCUT2D eigenvalue weighted by Gasteiger charge is 2.35. The van der Waals surface area contributed by atoms with Gasteiger partial charge in [0.05, 0.1) is 28.7 Å². The third-order valence-electron chi connectivity index (χ3n) is 5.34. The van der Waals surface area contributed by atoms with Crippen LogP contribution < -0.4 is 4.72 Å². The van der Waals surface area contributed by atoms with E-state index in [4.69, 9.17) is 23.2 Å². The molecule has 0 atom stereocenters. The van der Waals surface area contributed by atoms with Crippen molar-refractivity contribution < 1.29 is 31.2 Å². The second kappa shape index (κ2) is 10.7. The van der Waals surface area contributed by atoms with E-state index < -0.39 is 38.1 Å². The average molecular weight is 593 g/mol. The highest BCUT2D eigenvalue weighted by Crippen LogP contribution is 2.35. The summed E-state index contributed by atoms with van der Waals surface area (Å²) in [6.07, 6.45) is -1.58. The van der Waals surface area contributed by atoms with Gasteiger partial charge in [-0.15, -0.1) is 11.6 Å². The molecule has 1 aliphatic rings. The molecule has 37 heavy (non-hydrogen) atoms. The second-order valence-electron chi connectivity index (χ2n) is 7.87. The number of nitrogens with one attached hydrogen (secondary N) is 1. The van der Waals surface area contributed by atoms with E-state index >= 15 is 0 Å². The van der Waals surface area contributed by atoms with Crippen LogP contribution in [0.25, 0.3) is 17.0 Å². The molecule has 2 aromatic carbocycles. The predicted octanol–water partition coefficient (Wildman–Crippen LogP) is 4.91. The first-order chi connectivity index (χ1) is 17.4. The van der Waals surface area contributed by atoms with Gasteiger partial charge in [0, 0.05) is 23.5 Å². The molecule has 1 aromatic heterocycles. The summed E-state index contributed by atoms with van der Waals surface area (Å²) in [6, 6.07) is 8.56. The zero-order chi connectivity index (χ0) is 27.0. The summed E-state index contributed by atoms with van der Waals surface area (Å²) in [6.45, 7) is -0.467. The van der Waals surface area contributed by atoms with Gasteiger partial charge in [-0.25, -0.2) is 13.1 Å². The van der Waals surface area contributed by atoms with Crippen molar-refractivity contribution in [1.82, 2.24) is 19.4 Å². The quantitative estimate of drug-likeness (QED) is 0.294. The molecule has 0 radical (unpaired) electrons. The van der Waals surface area contributed by atoms with Crippen LogP contribution in [0, 0.1) is 0 Å². The van der Waals surface area contributed by atoms with Gasteiger partial charge in [0.15, 0.2) is 0 Å². The summed E-state index contributed by atoms with van der Waals surface area (Å²) in [5.41, 5.74) is 0.308. The number of carbonyl (C=O) groups excluding carboxylic acids is 2. The summed E-state index contributed by atoms with van der Waals surface area (Å²) in [5.74, 6) is -0.571. The number of sulfonamides is 1. The lowest BCUT2D eigenvalue weighted by Crippen LogP contribution is -2.37. The second-order valence-corrected chi connectivity index (χ2v) is 11.7. The topological polar surface area (TPSA) is 101 Å². The Morgan fingerprint density at radius 1 is 1.14 bits per heavy atom. The van der Waals surface area contributed by atoms with Crippen molar-refractivity contribution in [2.24, 2.45) is 0 Å². The molecule has 1 fully saturated rings. The number of hydrogen-bond donors (Lipinski definition) is 1. The normalized spacial score (nSPS) is 15.9. The third kappa shape index (κ3) is 6.29. The van der Waals surface area contributed by atoms with Crippen molar-refractivity contribution in [2.45, 2.75) is 12.7 Å². The maximum absolute atomic E-state index is 13.5. The number of hydrogen-bond acceptors (Lipinski definition) is 6. The van der Waals surface area contributed by atoms with Gasteiger partial charge in [-0.2, -0.15) is 18.3 Å². The number of aromatic nitrogens is 2. The Morgan fingerprint density at radius 2 is 1.89 bits per heavy atom. The molecule has 2 heterocycles. The van der Waals surface area contributed by atoms with Gasteiger partial charge in [0.1, 0.15) is 5.21 Å². The van der Waals surface area contributed by atoms with Gasteiger partial charge in [0.25, 0.3) is 11.1 Å². The van der Waals surface area contributed by atoms with Crippen molar-refractivity contribution in [3.05, 3.63) is 69.2 Å². The molecule has 2 amide bonds. The number of alkyl halides is 4. The summed E-state index contributed by atoms with van der Waals surface area (Å²) >= 11 is 11.8. The molecule has 3 aromatic rings. The summed E-state index contributed by atoms with van der Waals surface area (Å²) < 4.78 is 66.8. The lowest BCUT2D eigenvalue weighted by Gasteiger charge is -2.14. The van der Waals surface area contributed by atoms with Gasteiger partial charge in [-0.1, -0.05) is 23.7 Å². The number of nitrogens with zero attached hydrogens (tertiary/aromatic N) is 3. The Hall–Kier alpha value is -2.58. The minimum Gasteiger partial charge on any atom is -0.268 e. The molecule has 0 saturated carbocycles. The SMILES string of the molecule is O=C1SC(=Cc2ccc3c(cnn3Cc3ccc(Cl)cc3C(F)(F)F)c2)C(=O)N1CCNS(=O)(=O)CCl. The van der Waals surface area contributed by atoms with E-state index in [1.165, 1.54) is 29.1 Å². The van der Waals surface area contributed by atoms with E-state index in [1.807, 2.05) is 0 Å². The predicted molar refractivity (Wildman–Crippen MR) is 136 cm³/mol. The van der Waals surface area contributed by atoms with Crippen molar-refractivity contribution in [3.63, 3.8) is 0 Å². The van der Waals surface area contributed by atoms with Gasteiger partial charge in [0.2, 0.25) is 10.0 Å². The number of fused-ring (bicyclic) bond motifs is 1. The van der Waals surface area contributed by atoms with E-state index in [0.29, 0.717) is 28.2 Å². The minimum absolute atomic E-state index is 0.00740. The molecular formula is C22H17Cl2F3N4O4S2. The average Bonchev–Trinajstić information content (AvgIpc) is 3.34. The lowest BCUT2D eigenvalue weighted by atomic mass is 10.1. The van der Waals surface area contributed by atoms with Gasteiger partial charge < -0.3 is 0 Å². The Balaban J connectivity index is 1.52. The number of thioether (sulfide) groups is 1. The number of carbonyl (C=O) groups is 2. The molecule has 1 N–H and O–H groups in total. The standard InChI is InChI=1S/C22H17Cl2F3N4O4S2/c23-12-37(34,35)29-5-6-30-20(32)19(36-21(30)33)8-13-1-4-18-15(7-13)10-28-31(18)11-14-2-3-16(24)9-17(14)22(25,26)27/h1-4,7-10,29H,5-6,11-12H2. The van der Waals surface area contributed by atoms with Gasteiger partial charge in [-0.05, 0) is 53.2 Å². The van der Waals surface area contributed by atoms with E-state index in [2.05, 4.69) is 9.82 Å². The molecule has 4 rings (SSSR count). The number of amides is 2. The van der Waals surface area contributed by atoms with Crippen molar-refractivity contribution in [2.75, 3.05) is 18.3 Å². The Morgan fingerprint density at radius 3 is 2.59 bits per heavy atom. The zero-order valence-corrected chi connectivity index (χ0v) is 21.8. The first-order valence-electron chi connectivity index (χ1n) is 10.5. The van der Waals surface area contributed by atoms with E-state index in [9.17, 15) is 31.2 Å². The molecule has 0 bridgehead atoms. The molecule has 0 aliphatic carbocycles. The van der Waals surface area contributed by atoms with E-state index in [1.54, 1.807) is 18.2 Å². The monoisotopic (exact) mass is 592 g/mol. The van der Waals surface area contributed by atoms with Crippen LogP contribution in [0.5, 0.6) is 0 Å². The fourth-order valence-corrected chi connectivity index (χ4v) is 5.38. The van der Waals surface area contributed by atoms with Crippen molar-refractivity contribution in [3.8, 4) is 0 Å². The molecule has 8 nitrogen and oxygen atoms in total. The van der Waals surface area contributed by atoms with Gasteiger partial charge in [-0.3, -0.25) is 19.2 Å². The molecule has 1 aliphatic heterocycles. The van der Waals surface area contributed by atoms with Crippen LogP contribution in [0.2, 0.25) is 5.02 Å². The third-order valence-corrected chi connectivity index (χ3v) is 8.27. The molecular weight excluding hydrogens is 576 g/mol. The zero-order valence-electron chi connectivity index (χ0n) is 18.6. The van der Waals surface area contributed by atoms with Crippen LogP contribution in [0.4, 0.5) is 18.0 Å². The van der Waals surface area contributed by atoms with E-state index in [0.717, 1.165) is 11.0 Å². The van der Waals surface area contributed by atoms with Crippen molar-refractivity contribution >= 4 is 73.1 Å². The molecule has 196 valence electrons. The van der Waals surface area contributed by atoms with Crippen molar-refractivity contribution in [1.29, 1.82) is 0 Å². The largest absolute Gasteiger partial charge is 0.416 e. The maximum Gasteiger partial charge on any atom is 0.416 e. The highest BCUT2D eigenvalue weighted by atomic mass is 35.5. The van der Waals surface area contributed by atoms with Crippen LogP contribution in [0.3, 0.4) is 0 Å². The smallest absolute Gasteiger partial charge is 0.268 e. The minimum atomic E-state index is -4.58. The fraction of sp³-hybridized carbons (Fsp3) is 0.227. The Kier molecular flexibility index (Phi) is 7.91. The first kappa shape index (κ1) is 27.5. The maximum atomic E-state index is 13.5. The molecule has 1 saturated heterocycles. The summed E-state index contributed by atoms with van der Waals surface area (Å²) in [4.78, 5) is 26.0. The number of rotatable bonds is 8. The van der Waals surface area contributed by atoms with Crippen LogP contribution in [0.1, 0.15) is 16.7 Å². The first-order valence-corrected chi connectivity index (χ1v) is 13.9. The molecule has 0 unspecified atom stereocenters. The Labute approximate surface area is 223 Å². The molecule has 0 spiro atoms. The highest BCUT2D eigenvalue weighted by molar-refractivity contribution is 8.18. The summed E-state index contributed by atoms with van der Waals surface area (Å²) in [7, 11) is -3.68.